The Labute approximate surface area is 116 Å². The maximum Gasteiger partial charge on any atom is 0.141 e. The van der Waals surface area contributed by atoms with Crippen molar-refractivity contribution in [3.8, 4) is 0 Å². The van der Waals surface area contributed by atoms with Gasteiger partial charge in [0.2, 0.25) is 0 Å². The summed E-state index contributed by atoms with van der Waals surface area (Å²) in [6.45, 7) is 0.342. The minimum Gasteiger partial charge on any atom is -0.379 e. The first-order chi connectivity index (χ1) is 8.56. The van der Waals surface area contributed by atoms with Gasteiger partial charge in [0, 0.05) is 17.2 Å². The summed E-state index contributed by atoms with van der Waals surface area (Å²) in [6, 6.07) is 3.88. The van der Waals surface area contributed by atoms with Crippen LogP contribution in [-0.4, -0.2) is 4.98 Å². The van der Waals surface area contributed by atoms with E-state index in [1.807, 2.05) is 0 Å². The number of hydrogen-bond donors (Lipinski definition) is 1. The predicted molar refractivity (Wildman–Crippen MR) is 70.6 cm³/mol. The molecule has 0 saturated carbocycles. The van der Waals surface area contributed by atoms with Crippen molar-refractivity contribution < 1.29 is 8.78 Å². The first kappa shape index (κ1) is 13.2. The zero-order valence-corrected chi connectivity index (χ0v) is 11.4. The summed E-state index contributed by atoms with van der Waals surface area (Å²) < 4.78 is 26.5. The summed E-state index contributed by atoms with van der Waals surface area (Å²) in [5, 5.41) is 3.26. The number of pyridine rings is 1. The summed E-state index contributed by atoms with van der Waals surface area (Å²) in [4.78, 5) is 3.74. The normalized spacial score (nSPS) is 10.4. The monoisotopic (exact) mass is 332 g/mol. The third kappa shape index (κ3) is 3.17. The molecule has 94 valence electrons. The standard InChI is InChI=1S/C12H8BrClF2N2/c13-10-2-8(15)3-11(14)12(10)18-5-7-1-9(16)6-17-4-7/h1-4,6,18H,5H2. The fourth-order valence-corrected chi connectivity index (χ4v) is 2.41. The quantitative estimate of drug-likeness (QED) is 0.901. The Kier molecular flexibility index (Phi) is 4.14. The van der Waals surface area contributed by atoms with Crippen molar-refractivity contribution >= 4 is 33.2 Å². The highest BCUT2D eigenvalue weighted by molar-refractivity contribution is 9.10. The summed E-state index contributed by atoms with van der Waals surface area (Å²) in [5.74, 6) is -0.830. The second-order valence-corrected chi connectivity index (χ2v) is 4.87. The Hall–Kier alpha value is -1.20. The van der Waals surface area contributed by atoms with Crippen LogP contribution in [0.3, 0.4) is 0 Å². The number of aromatic nitrogens is 1. The Morgan fingerprint density at radius 1 is 1.17 bits per heavy atom. The van der Waals surface area contributed by atoms with Crippen LogP contribution in [0.4, 0.5) is 14.5 Å². The van der Waals surface area contributed by atoms with Crippen LogP contribution in [0, 0.1) is 11.6 Å². The molecule has 0 aliphatic heterocycles. The van der Waals surface area contributed by atoms with Gasteiger partial charge in [-0.1, -0.05) is 11.6 Å². The van der Waals surface area contributed by atoms with E-state index < -0.39 is 11.6 Å². The maximum atomic E-state index is 13.0. The molecule has 2 aromatic rings. The smallest absolute Gasteiger partial charge is 0.141 e. The van der Waals surface area contributed by atoms with Crippen molar-refractivity contribution in [2.24, 2.45) is 0 Å². The Balaban J connectivity index is 2.16. The molecule has 18 heavy (non-hydrogen) atoms. The fraction of sp³-hybridized carbons (Fsp3) is 0.0833. The largest absolute Gasteiger partial charge is 0.379 e. The van der Waals surface area contributed by atoms with E-state index in [1.54, 1.807) is 6.20 Å². The molecule has 0 atom stereocenters. The Morgan fingerprint density at radius 2 is 1.94 bits per heavy atom. The molecular formula is C12H8BrClF2N2. The molecule has 0 bridgehead atoms. The van der Waals surface area contributed by atoms with Gasteiger partial charge >= 0.3 is 0 Å². The molecule has 1 heterocycles. The molecule has 1 N–H and O–H groups in total. The van der Waals surface area contributed by atoms with E-state index in [9.17, 15) is 8.78 Å². The molecule has 0 amide bonds. The predicted octanol–water partition coefficient (Wildman–Crippen LogP) is 4.39. The van der Waals surface area contributed by atoms with Crippen molar-refractivity contribution in [3.05, 3.63) is 57.3 Å². The average Bonchev–Trinajstić information content (AvgIpc) is 2.27. The molecule has 0 unspecified atom stereocenters. The lowest BCUT2D eigenvalue weighted by Gasteiger charge is -2.10. The van der Waals surface area contributed by atoms with Crippen molar-refractivity contribution in [3.63, 3.8) is 0 Å². The number of benzene rings is 1. The SMILES string of the molecule is Fc1cncc(CNc2c(Cl)cc(F)cc2Br)c1. The summed E-state index contributed by atoms with van der Waals surface area (Å²) in [7, 11) is 0. The van der Waals surface area contributed by atoms with E-state index in [2.05, 4.69) is 26.2 Å². The fourth-order valence-electron chi connectivity index (χ4n) is 1.45. The Morgan fingerprint density at radius 3 is 2.61 bits per heavy atom. The molecule has 0 aliphatic carbocycles. The molecule has 0 fully saturated rings. The maximum absolute atomic E-state index is 13.0. The van der Waals surface area contributed by atoms with Crippen LogP contribution in [0.1, 0.15) is 5.56 Å². The van der Waals surface area contributed by atoms with Crippen LogP contribution >= 0.6 is 27.5 Å². The molecule has 2 rings (SSSR count). The third-order valence-corrected chi connectivity index (χ3v) is 3.16. The van der Waals surface area contributed by atoms with Gasteiger partial charge in [0.25, 0.3) is 0 Å². The summed E-state index contributed by atoms with van der Waals surface area (Å²) >= 11 is 9.12. The highest BCUT2D eigenvalue weighted by Crippen LogP contribution is 2.31. The van der Waals surface area contributed by atoms with Gasteiger partial charge in [0.05, 0.1) is 16.9 Å². The van der Waals surface area contributed by atoms with E-state index in [0.29, 0.717) is 22.3 Å². The third-order valence-electron chi connectivity index (χ3n) is 2.24. The molecule has 1 aromatic heterocycles. The van der Waals surface area contributed by atoms with Gasteiger partial charge in [-0.25, -0.2) is 8.78 Å². The van der Waals surface area contributed by atoms with E-state index in [1.165, 1.54) is 18.2 Å². The molecule has 6 heteroatoms. The van der Waals surface area contributed by atoms with E-state index >= 15 is 0 Å². The first-order valence-electron chi connectivity index (χ1n) is 5.04. The lowest BCUT2D eigenvalue weighted by Crippen LogP contribution is -2.02. The second kappa shape index (κ2) is 5.63. The lowest BCUT2D eigenvalue weighted by atomic mass is 10.2. The first-order valence-corrected chi connectivity index (χ1v) is 6.21. The van der Waals surface area contributed by atoms with Crippen molar-refractivity contribution in [2.75, 3.05) is 5.32 Å². The van der Waals surface area contributed by atoms with Crippen LogP contribution < -0.4 is 5.32 Å². The van der Waals surface area contributed by atoms with E-state index in [0.717, 1.165) is 6.20 Å². The van der Waals surface area contributed by atoms with Crippen LogP contribution in [0.5, 0.6) is 0 Å². The van der Waals surface area contributed by atoms with Crippen molar-refractivity contribution in [1.29, 1.82) is 0 Å². The van der Waals surface area contributed by atoms with Crippen LogP contribution in [0.25, 0.3) is 0 Å². The average molecular weight is 334 g/mol. The minimum absolute atomic E-state index is 0.256. The minimum atomic E-state index is -0.426. The van der Waals surface area contributed by atoms with Gasteiger partial charge in [-0.15, -0.1) is 0 Å². The highest BCUT2D eigenvalue weighted by atomic mass is 79.9. The van der Waals surface area contributed by atoms with Crippen LogP contribution in [0.2, 0.25) is 5.02 Å². The number of anilines is 1. The zero-order valence-electron chi connectivity index (χ0n) is 9.05. The highest BCUT2D eigenvalue weighted by Gasteiger charge is 2.08. The molecule has 0 spiro atoms. The zero-order chi connectivity index (χ0) is 13.1. The number of rotatable bonds is 3. The molecule has 1 aromatic carbocycles. The number of halogens is 4. The van der Waals surface area contributed by atoms with Crippen LogP contribution in [-0.2, 0) is 6.54 Å². The number of nitrogens with zero attached hydrogens (tertiary/aromatic N) is 1. The lowest BCUT2D eigenvalue weighted by molar-refractivity contribution is 0.619. The van der Waals surface area contributed by atoms with Gasteiger partial charge in [0.1, 0.15) is 11.6 Å². The van der Waals surface area contributed by atoms with Gasteiger partial charge < -0.3 is 5.32 Å². The van der Waals surface area contributed by atoms with E-state index in [-0.39, 0.29) is 5.02 Å². The second-order valence-electron chi connectivity index (χ2n) is 3.61. The van der Waals surface area contributed by atoms with Crippen LogP contribution in [0.15, 0.2) is 35.1 Å². The number of nitrogens with one attached hydrogen (secondary N) is 1. The molecule has 0 radical (unpaired) electrons. The summed E-state index contributed by atoms with van der Waals surface area (Å²) in [6.07, 6.45) is 2.67. The number of hydrogen-bond acceptors (Lipinski definition) is 2. The molecule has 2 nitrogen and oxygen atoms in total. The van der Waals surface area contributed by atoms with Gasteiger partial charge in [0.15, 0.2) is 0 Å². The van der Waals surface area contributed by atoms with E-state index in [4.69, 9.17) is 11.6 Å². The van der Waals surface area contributed by atoms with Crippen molar-refractivity contribution in [1.82, 2.24) is 4.98 Å². The van der Waals surface area contributed by atoms with Gasteiger partial charge in [-0.3, -0.25) is 4.98 Å². The van der Waals surface area contributed by atoms with Crippen molar-refractivity contribution in [2.45, 2.75) is 6.54 Å². The summed E-state index contributed by atoms with van der Waals surface area (Å²) in [5.41, 5.74) is 1.23. The molecule has 0 aliphatic rings. The molecule has 0 saturated heterocycles. The topological polar surface area (TPSA) is 24.9 Å². The molecular weight excluding hydrogens is 325 g/mol. The van der Waals surface area contributed by atoms with Gasteiger partial charge in [-0.2, -0.15) is 0 Å². The Bertz CT molecular complexity index is 555. The van der Waals surface area contributed by atoms with Gasteiger partial charge in [-0.05, 0) is 39.7 Å².